The molecule has 2 N–H and O–H groups in total. The molecule has 0 rings (SSSR count). The summed E-state index contributed by atoms with van der Waals surface area (Å²) in [4.78, 5) is 0. The normalized spacial score (nSPS) is 2.00. The molecule has 0 amide bonds. The van der Waals surface area contributed by atoms with Crippen LogP contribution in [0.2, 0.25) is 0 Å². The first-order valence-electron chi connectivity index (χ1n) is 1.41. The minimum absolute atomic E-state index is 0. The predicted octanol–water partition coefficient (Wildman–Crippen LogP) is 2.40. The molecule has 1 nitrogen and oxygen atoms in total. The first-order valence-corrected chi connectivity index (χ1v) is 1.41. The van der Waals surface area contributed by atoms with Crippen molar-refractivity contribution < 1.29 is 22.4 Å². The molecular weight excluding hydrogens is 243 g/mol. The summed E-state index contributed by atoms with van der Waals surface area (Å²) in [6.07, 6.45) is 0. The summed E-state index contributed by atoms with van der Waals surface area (Å²) in [5.74, 6) is 0. The molecule has 0 spiro atoms. The molecular formula is C4H12NTa-3. The first-order chi connectivity index (χ1) is 2.00. The van der Waals surface area contributed by atoms with Gasteiger partial charge >= 0.3 is 0 Å². The minimum atomic E-state index is 0. The van der Waals surface area contributed by atoms with Gasteiger partial charge in [-0.2, -0.15) is 13.8 Å². The van der Waals surface area contributed by atoms with Crippen LogP contribution in [0.25, 0.3) is 6.15 Å². The molecule has 1 radical (unpaired) electrons. The third-order valence-corrected chi connectivity index (χ3v) is 0. The van der Waals surface area contributed by atoms with E-state index < -0.39 is 0 Å². The summed E-state index contributed by atoms with van der Waals surface area (Å²) >= 11 is 0. The van der Waals surface area contributed by atoms with Gasteiger partial charge < -0.3 is 20.0 Å². The van der Waals surface area contributed by atoms with Crippen molar-refractivity contribution in [2.75, 3.05) is 0 Å². The second-order valence-corrected chi connectivity index (χ2v) is 0. The van der Waals surface area contributed by atoms with Crippen molar-refractivity contribution in [3.63, 3.8) is 0 Å². The molecule has 0 bridgehead atoms. The molecule has 0 heterocycles. The van der Waals surface area contributed by atoms with E-state index in [0.717, 1.165) is 0 Å². The van der Waals surface area contributed by atoms with Crippen LogP contribution >= 0.6 is 0 Å². The third kappa shape index (κ3) is 131. The van der Waals surface area contributed by atoms with Crippen molar-refractivity contribution in [1.29, 1.82) is 0 Å². The largest absolute Gasteiger partial charge is 0.693 e. The molecule has 0 unspecified atom stereocenters. The zero-order valence-corrected chi connectivity index (χ0v) is 7.65. The van der Waals surface area contributed by atoms with Gasteiger partial charge in [-0.15, -0.1) is 0 Å². The van der Waals surface area contributed by atoms with Crippen LogP contribution in [-0.4, -0.2) is 0 Å². The smallest absolute Gasteiger partial charge is 0 e. The van der Waals surface area contributed by atoms with E-state index in [-0.39, 0.29) is 28.5 Å². The Bertz CT molecular complexity index is 7.51. The van der Waals surface area contributed by atoms with Crippen LogP contribution < -0.4 is 0 Å². The Morgan fingerprint density at radius 3 is 0.833 bits per heavy atom. The second kappa shape index (κ2) is 257. The van der Waals surface area contributed by atoms with E-state index >= 15 is 0 Å². The molecule has 0 fully saturated rings. The Morgan fingerprint density at radius 2 is 0.833 bits per heavy atom. The van der Waals surface area contributed by atoms with Crippen molar-refractivity contribution in [2.24, 2.45) is 0 Å². The monoisotopic (exact) mass is 255 g/mol. The van der Waals surface area contributed by atoms with Gasteiger partial charge in [-0.3, -0.25) is 0 Å². The molecule has 0 aliphatic rings. The van der Waals surface area contributed by atoms with Crippen LogP contribution in [0.15, 0.2) is 0 Å². The Morgan fingerprint density at radius 1 is 0.833 bits per heavy atom. The van der Waals surface area contributed by atoms with Gasteiger partial charge in [-0.05, 0) is 0 Å². The Hall–Kier alpha value is 0.700. The summed E-state index contributed by atoms with van der Waals surface area (Å²) in [5.41, 5.74) is 0. The van der Waals surface area contributed by atoms with E-state index in [9.17, 15) is 0 Å². The summed E-state index contributed by atoms with van der Waals surface area (Å²) < 4.78 is 0. The van der Waals surface area contributed by atoms with Gasteiger partial charge in [0.05, 0.1) is 0 Å². The van der Waals surface area contributed by atoms with E-state index in [4.69, 9.17) is 0 Å². The summed E-state index contributed by atoms with van der Waals surface area (Å²) in [5, 5.41) is 0. The molecule has 0 aromatic carbocycles. The van der Waals surface area contributed by atoms with Gasteiger partial charge in [0, 0.05) is 22.4 Å². The van der Waals surface area contributed by atoms with Gasteiger partial charge in [0.25, 0.3) is 0 Å². The average molecular weight is 255 g/mol. The van der Waals surface area contributed by atoms with E-state index in [1.54, 1.807) is 13.8 Å². The standard InChI is InChI=1S/2C2H5.H2N.Ta/c2*1-2;;/h2*1H2,2H3;1H2;/q3*-1;. The number of nitrogens with two attached hydrogens (primary N) is 1. The maximum atomic E-state index is 3.25. The van der Waals surface area contributed by atoms with Crippen LogP contribution in [-0.2, 0) is 22.4 Å². The molecule has 0 atom stereocenters. The number of hydrogen-bond acceptors (Lipinski definition) is 0. The van der Waals surface area contributed by atoms with Crippen molar-refractivity contribution in [3.8, 4) is 0 Å². The Kier molecular flexibility index (Phi) is 1280. The fraction of sp³-hybridized carbons (Fsp3) is 0.500. The zero-order chi connectivity index (χ0) is 4.00. The zero-order valence-electron chi connectivity index (χ0n) is 4.44. The molecule has 2 heteroatoms. The van der Waals surface area contributed by atoms with Crippen molar-refractivity contribution >= 4 is 0 Å². The quantitative estimate of drug-likeness (QED) is 0.595. The SMILES string of the molecule is [CH2-]C.[CH2-]C.[NH2-].[Ta]. The molecule has 0 aromatic heterocycles. The predicted molar refractivity (Wildman–Crippen MR) is 27.3 cm³/mol. The van der Waals surface area contributed by atoms with Gasteiger partial charge in [0.1, 0.15) is 0 Å². The Labute approximate surface area is 56.6 Å². The van der Waals surface area contributed by atoms with Crippen LogP contribution in [0, 0.1) is 13.8 Å². The minimum Gasteiger partial charge on any atom is -0.693 e. The molecule has 0 aromatic rings. The van der Waals surface area contributed by atoms with Gasteiger partial charge in [-0.1, -0.05) is 0 Å². The van der Waals surface area contributed by atoms with Crippen LogP contribution in [0.5, 0.6) is 0 Å². The van der Waals surface area contributed by atoms with E-state index in [1.165, 1.54) is 0 Å². The topological polar surface area (TPSA) is 33.5 Å². The maximum Gasteiger partial charge on any atom is 0 e. The van der Waals surface area contributed by atoms with E-state index in [2.05, 4.69) is 13.8 Å². The fourth-order valence-electron chi connectivity index (χ4n) is 0. The Balaban J connectivity index is -0.00000000500. The van der Waals surface area contributed by atoms with E-state index in [1.807, 2.05) is 0 Å². The van der Waals surface area contributed by atoms with Crippen LogP contribution in [0.4, 0.5) is 0 Å². The van der Waals surface area contributed by atoms with Crippen LogP contribution in [0.1, 0.15) is 13.8 Å². The van der Waals surface area contributed by atoms with Gasteiger partial charge in [0.2, 0.25) is 0 Å². The summed E-state index contributed by atoms with van der Waals surface area (Å²) in [6.45, 7) is 10.0. The average Bonchev–Trinajstić information content (AvgIpc) is 1.50. The van der Waals surface area contributed by atoms with Crippen molar-refractivity contribution in [1.82, 2.24) is 0 Å². The molecule has 0 aliphatic carbocycles. The molecule has 0 aliphatic heterocycles. The second-order valence-electron chi connectivity index (χ2n) is 0. The third-order valence-electron chi connectivity index (χ3n) is 0. The van der Waals surface area contributed by atoms with Crippen molar-refractivity contribution in [3.05, 3.63) is 20.0 Å². The molecule has 0 saturated carbocycles. The van der Waals surface area contributed by atoms with Crippen molar-refractivity contribution in [2.45, 2.75) is 13.8 Å². The van der Waals surface area contributed by atoms with Gasteiger partial charge in [0.15, 0.2) is 0 Å². The summed E-state index contributed by atoms with van der Waals surface area (Å²) in [7, 11) is 0. The molecule has 0 saturated heterocycles. The summed E-state index contributed by atoms with van der Waals surface area (Å²) in [6, 6.07) is 0. The number of hydrogen-bond donors (Lipinski definition) is 0. The van der Waals surface area contributed by atoms with Gasteiger partial charge in [-0.25, -0.2) is 0 Å². The van der Waals surface area contributed by atoms with Crippen LogP contribution in [0.3, 0.4) is 0 Å². The molecule has 41 valence electrons. The van der Waals surface area contributed by atoms with E-state index in [0.29, 0.717) is 0 Å². The molecule has 6 heavy (non-hydrogen) atoms. The number of rotatable bonds is 0. The fourth-order valence-corrected chi connectivity index (χ4v) is 0. The maximum absolute atomic E-state index is 3.25. The first kappa shape index (κ1) is 29.9.